The molecule has 0 radical (unpaired) electrons. The number of allylic oxidation sites excluding steroid dienone is 4. The number of hydrogen-bond acceptors (Lipinski definition) is 0. The first-order chi connectivity index (χ1) is 17.7. The molecule has 6 rings (SSSR count). The van der Waals surface area contributed by atoms with Gasteiger partial charge in [-0.25, -0.2) is 0 Å². The Morgan fingerprint density at radius 2 is 1.39 bits per heavy atom. The number of hydrogen-bond donors (Lipinski definition) is 0. The summed E-state index contributed by atoms with van der Waals surface area (Å²) in [5.41, 5.74) is 11.3. The Kier molecular flexibility index (Phi) is 8.02. The molecule has 0 heterocycles. The fourth-order valence-electron chi connectivity index (χ4n) is 7.92. The molecule has 0 bridgehead atoms. The van der Waals surface area contributed by atoms with E-state index in [-0.39, 0.29) is 0 Å². The minimum atomic E-state index is -2.09. The van der Waals surface area contributed by atoms with Crippen molar-refractivity contribution in [3.05, 3.63) is 74.1 Å². The van der Waals surface area contributed by atoms with Gasteiger partial charge in [0.2, 0.25) is 0 Å². The normalized spacial score (nSPS) is 20.4. The van der Waals surface area contributed by atoms with E-state index in [0.717, 1.165) is 11.1 Å². The molecule has 2 heteroatoms. The van der Waals surface area contributed by atoms with E-state index < -0.39 is 25.8 Å². The molecule has 0 atom stereocenters. The standard InChI is InChI=1S/C15H13.C14H26Si.C5H5.Zr/c1-10-3-5-14-12(7-10)9-13-8-11(2)4-6-15(13)14;1-2-6-10-13(9-5-1)15-14-11-7-3-4-8-12-14;1-2-4-5-3-1;/h3-7H,9H2,1-2H3;13-14H,1-12H2;1-3H,4H2;. The monoisotopic (exact) mass is 570 g/mol. The molecule has 0 N–H and O–H groups in total. The van der Waals surface area contributed by atoms with Crippen LogP contribution in [0.15, 0.2) is 51.8 Å². The summed E-state index contributed by atoms with van der Waals surface area (Å²) in [6.07, 6.45) is 28.3. The zero-order chi connectivity index (χ0) is 24.5. The quantitative estimate of drug-likeness (QED) is 0.216. The molecule has 2 aromatic carbocycles. The van der Waals surface area contributed by atoms with Crippen LogP contribution in [0.4, 0.5) is 0 Å². The van der Waals surface area contributed by atoms with Gasteiger partial charge in [0.1, 0.15) is 0 Å². The van der Waals surface area contributed by atoms with Crippen molar-refractivity contribution in [3.63, 3.8) is 0 Å². The second-order valence-corrected chi connectivity index (χ2v) is 26.6. The number of benzene rings is 2. The number of aryl methyl sites for hydroxylation is 2. The fourth-order valence-corrected chi connectivity index (χ4v) is 35.1. The first-order valence-electron chi connectivity index (χ1n) is 15.0. The molecule has 0 spiro atoms. The van der Waals surface area contributed by atoms with Gasteiger partial charge in [0.15, 0.2) is 0 Å². The van der Waals surface area contributed by atoms with Crippen LogP contribution in [0.25, 0.3) is 11.1 Å². The fraction of sp³-hybridized carbons (Fsp3) is 0.529. The zero-order valence-electron chi connectivity index (χ0n) is 22.7. The van der Waals surface area contributed by atoms with Gasteiger partial charge in [0, 0.05) is 0 Å². The van der Waals surface area contributed by atoms with Crippen LogP contribution >= 0.6 is 0 Å². The van der Waals surface area contributed by atoms with Crippen molar-refractivity contribution in [1.29, 1.82) is 0 Å². The molecule has 0 unspecified atom stereocenters. The Morgan fingerprint density at radius 1 is 0.750 bits per heavy atom. The van der Waals surface area contributed by atoms with Crippen LogP contribution in [0, 0.1) is 13.8 Å². The summed E-state index contributed by atoms with van der Waals surface area (Å²) in [5, 5.41) is 0. The predicted octanol–water partition coefficient (Wildman–Crippen LogP) is 9.40. The van der Waals surface area contributed by atoms with Gasteiger partial charge in [0.05, 0.1) is 0 Å². The third-order valence-electron chi connectivity index (χ3n) is 9.66. The molecular formula is C34H44SiZr. The maximum absolute atomic E-state index is 2.64. The summed E-state index contributed by atoms with van der Waals surface area (Å²) in [6, 6.07) is 12.3. The van der Waals surface area contributed by atoms with E-state index >= 15 is 0 Å². The van der Waals surface area contributed by atoms with Crippen LogP contribution in [0.5, 0.6) is 0 Å². The Hall–Kier alpha value is -0.980. The van der Waals surface area contributed by atoms with Crippen molar-refractivity contribution in [2.24, 2.45) is 0 Å². The predicted molar refractivity (Wildman–Crippen MR) is 154 cm³/mol. The van der Waals surface area contributed by atoms with Crippen molar-refractivity contribution in [2.45, 2.75) is 115 Å². The van der Waals surface area contributed by atoms with E-state index in [9.17, 15) is 0 Å². The summed E-state index contributed by atoms with van der Waals surface area (Å²) in [5.74, 6) is 0. The van der Waals surface area contributed by atoms with E-state index in [1.807, 2.05) is 6.55 Å². The molecule has 0 aromatic heterocycles. The molecule has 2 fully saturated rings. The summed E-state index contributed by atoms with van der Waals surface area (Å²) < 4.78 is 3.93. The van der Waals surface area contributed by atoms with Crippen molar-refractivity contribution in [2.75, 3.05) is 0 Å². The molecule has 0 amide bonds. The van der Waals surface area contributed by atoms with Crippen LogP contribution in [0.1, 0.15) is 106 Å². The van der Waals surface area contributed by atoms with E-state index in [1.165, 1.54) is 75.3 Å². The van der Waals surface area contributed by atoms with Crippen LogP contribution in [-0.4, -0.2) is 5.43 Å². The summed E-state index contributed by atoms with van der Waals surface area (Å²) in [6.45, 7) is 4.76. The zero-order valence-corrected chi connectivity index (χ0v) is 26.1. The SMILES string of the molecule is Cc1ccc2c(c1)Cc1c-2ccc(C)[c]1[Zr]([C]1=CC=CC1)=[Si](C1CCCCCC1)C1CCCCCC1. The van der Waals surface area contributed by atoms with Gasteiger partial charge in [0.25, 0.3) is 0 Å². The van der Waals surface area contributed by atoms with Crippen LogP contribution in [-0.2, 0) is 26.8 Å². The Balaban J connectivity index is 1.59. The Bertz CT molecular complexity index is 1190. The average Bonchev–Trinajstić information content (AvgIpc) is 3.32. The molecule has 2 aromatic rings. The van der Waals surface area contributed by atoms with Gasteiger partial charge in [-0.2, -0.15) is 0 Å². The van der Waals surface area contributed by atoms with E-state index in [0.29, 0.717) is 0 Å². The van der Waals surface area contributed by atoms with Crippen LogP contribution in [0.3, 0.4) is 0 Å². The Labute approximate surface area is 227 Å². The third kappa shape index (κ3) is 5.03. The molecule has 188 valence electrons. The molecule has 0 aliphatic heterocycles. The minimum absolute atomic E-state index is 0.415. The second-order valence-electron chi connectivity index (χ2n) is 12.2. The van der Waals surface area contributed by atoms with E-state index in [1.54, 1.807) is 47.9 Å². The first kappa shape index (κ1) is 25.3. The first-order valence-corrected chi connectivity index (χ1v) is 22.8. The second kappa shape index (κ2) is 11.4. The van der Waals surface area contributed by atoms with Gasteiger partial charge in [-0.1, -0.05) is 0 Å². The van der Waals surface area contributed by atoms with E-state index in [4.69, 9.17) is 0 Å². The third-order valence-corrected chi connectivity index (χ3v) is 32.2. The van der Waals surface area contributed by atoms with Gasteiger partial charge in [-0.3, -0.25) is 0 Å². The molecule has 4 aliphatic rings. The van der Waals surface area contributed by atoms with Crippen molar-refractivity contribution in [3.8, 4) is 11.1 Å². The molecule has 36 heavy (non-hydrogen) atoms. The number of fused-ring (bicyclic) bond motifs is 3. The summed E-state index contributed by atoms with van der Waals surface area (Å²) in [7, 11) is 0. The van der Waals surface area contributed by atoms with Gasteiger partial charge < -0.3 is 0 Å². The molecule has 0 nitrogen and oxygen atoms in total. The Morgan fingerprint density at radius 3 is 2.00 bits per heavy atom. The van der Waals surface area contributed by atoms with Gasteiger partial charge in [-0.05, 0) is 0 Å². The molecular weight excluding hydrogens is 528 g/mol. The van der Waals surface area contributed by atoms with Crippen molar-refractivity contribution in [1.82, 2.24) is 0 Å². The van der Waals surface area contributed by atoms with Gasteiger partial charge in [-0.15, -0.1) is 0 Å². The topological polar surface area (TPSA) is 0 Å². The average molecular weight is 572 g/mol. The molecule has 0 saturated heterocycles. The van der Waals surface area contributed by atoms with E-state index in [2.05, 4.69) is 62.4 Å². The number of rotatable bonds is 4. The van der Waals surface area contributed by atoms with Crippen molar-refractivity contribution < 1.29 is 20.4 Å². The maximum atomic E-state index is 2.64. The van der Waals surface area contributed by atoms with Crippen LogP contribution in [0.2, 0.25) is 11.1 Å². The van der Waals surface area contributed by atoms with Gasteiger partial charge >= 0.3 is 229 Å². The van der Waals surface area contributed by atoms with Crippen LogP contribution < -0.4 is 3.27 Å². The molecule has 4 aliphatic carbocycles. The molecule has 2 saturated carbocycles. The summed E-state index contributed by atoms with van der Waals surface area (Å²) in [4.78, 5) is 0. The summed E-state index contributed by atoms with van der Waals surface area (Å²) >= 11 is -2.09. The van der Waals surface area contributed by atoms with Crippen molar-refractivity contribution >= 4 is 8.70 Å².